The number of benzene rings is 1. The first kappa shape index (κ1) is 9.66. The van der Waals surface area contributed by atoms with E-state index in [0.29, 0.717) is 12.5 Å². The predicted molar refractivity (Wildman–Crippen MR) is 56.3 cm³/mol. The van der Waals surface area contributed by atoms with Gasteiger partial charge in [-0.15, -0.1) is 11.6 Å². The van der Waals surface area contributed by atoms with Gasteiger partial charge in [0.25, 0.3) is 0 Å². The average Bonchev–Trinajstić information content (AvgIpc) is 2.26. The number of hydrogen-bond acceptors (Lipinski definition) is 2. The minimum absolute atomic E-state index is 0.156. The summed E-state index contributed by atoms with van der Waals surface area (Å²) >= 11 is 5.62. The lowest BCUT2D eigenvalue weighted by Gasteiger charge is -2.26. The van der Waals surface area contributed by atoms with Crippen LogP contribution >= 0.6 is 11.6 Å². The summed E-state index contributed by atoms with van der Waals surface area (Å²) in [6.07, 6.45) is 2.08. The molecule has 0 aliphatic carbocycles. The van der Waals surface area contributed by atoms with Crippen molar-refractivity contribution in [2.45, 2.75) is 18.9 Å². The summed E-state index contributed by atoms with van der Waals surface area (Å²) < 4.78 is 11.3. The van der Waals surface area contributed by atoms with Gasteiger partial charge in [0.1, 0.15) is 12.7 Å². The van der Waals surface area contributed by atoms with E-state index in [4.69, 9.17) is 21.1 Å². The lowest BCUT2D eigenvalue weighted by Crippen LogP contribution is -2.28. The number of ether oxygens (including phenoxy) is 2. The third-order valence-corrected chi connectivity index (χ3v) is 2.49. The van der Waals surface area contributed by atoms with Crippen LogP contribution in [0.3, 0.4) is 0 Å². The Bertz CT molecular complexity index is 301. The normalized spacial score (nSPS) is 19.4. The molecule has 0 spiro atoms. The summed E-state index contributed by atoms with van der Waals surface area (Å²) in [5.74, 6) is 2.37. The van der Waals surface area contributed by atoms with E-state index in [1.165, 1.54) is 0 Å². The number of para-hydroxylation sites is 2. The van der Waals surface area contributed by atoms with Crippen LogP contribution in [0.25, 0.3) is 0 Å². The highest BCUT2D eigenvalue weighted by atomic mass is 35.5. The van der Waals surface area contributed by atoms with E-state index in [-0.39, 0.29) is 6.10 Å². The van der Waals surface area contributed by atoms with Gasteiger partial charge in [-0.1, -0.05) is 12.1 Å². The molecule has 0 N–H and O–H groups in total. The van der Waals surface area contributed by atoms with Crippen LogP contribution in [0, 0.1) is 0 Å². The summed E-state index contributed by atoms with van der Waals surface area (Å²) in [7, 11) is 0. The van der Waals surface area contributed by atoms with Crippen molar-refractivity contribution >= 4 is 11.6 Å². The Kier molecular flexibility index (Phi) is 3.14. The molecule has 0 saturated carbocycles. The maximum absolute atomic E-state index is 5.75. The fourth-order valence-corrected chi connectivity index (χ4v) is 1.66. The molecule has 14 heavy (non-hydrogen) atoms. The van der Waals surface area contributed by atoms with Crippen molar-refractivity contribution in [1.82, 2.24) is 0 Å². The van der Waals surface area contributed by atoms with E-state index in [9.17, 15) is 0 Å². The van der Waals surface area contributed by atoms with Crippen molar-refractivity contribution in [3.63, 3.8) is 0 Å². The van der Waals surface area contributed by atoms with Gasteiger partial charge in [0.2, 0.25) is 0 Å². The molecule has 1 heterocycles. The minimum Gasteiger partial charge on any atom is -0.486 e. The maximum atomic E-state index is 5.75. The average molecular weight is 213 g/mol. The van der Waals surface area contributed by atoms with Crippen molar-refractivity contribution in [2.24, 2.45) is 0 Å². The van der Waals surface area contributed by atoms with Crippen LogP contribution in [-0.2, 0) is 0 Å². The molecule has 1 aromatic rings. The molecular weight excluding hydrogens is 200 g/mol. The quantitative estimate of drug-likeness (QED) is 0.718. The predicted octanol–water partition coefficient (Wildman–Crippen LogP) is 2.85. The van der Waals surface area contributed by atoms with Crippen LogP contribution in [-0.4, -0.2) is 18.6 Å². The van der Waals surface area contributed by atoms with Crippen LogP contribution in [0.4, 0.5) is 0 Å². The minimum atomic E-state index is 0.156. The monoisotopic (exact) mass is 212 g/mol. The Balaban J connectivity index is 1.99. The van der Waals surface area contributed by atoms with E-state index in [1.54, 1.807) is 0 Å². The molecule has 0 amide bonds. The first-order valence-electron chi connectivity index (χ1n) is 4.84. The number of alkyl halides is 1. The van der Waals surface area contributed by atoms with E-state index in [1.807, 2.05) is 24.3 Å². The Labute approximate surface area is 88.8 Å². The van der Waals surface area contributed by atoms with Crippen LogP contribution < -0.4 is 9.47 Å². The van der Waals surface area contributed by atoms with E-state index < -0.39 is 0 Å². The van der Waals surface area contributed by atoms with Gasteiger partial charge in [-0.3, -0.25) is 0 Å². The van der Waals surface area contributed by atoms with Gasteiger partial charge >= 0.3 is 0 Å². The summed E-state index contributed by atoms with van der Waals surface area (Å²) in [6.45, 7) is 0.633. The van der Waals surface area contributed by atoms with Crippen LogP contribution in [0.1, 0.15) is 12.8 Å². The summed E-state index contributed by atoms with van der Waals surface area (Å²) in [5, 5.41) is 0. The highest BCUT2D eigenvalue weighted by Gasteiger charge is 2.19. The second kappa shape index (κ2) is 4.56. The fourth-order valence-electron chi connectivity index (χ4n) is 1.51. The molecule has 3 heteroatoms. The molecule has 1 atom stereocenters. The van der Waals surface area contributed by atoms with Crippen LogP contribution in [0.15, 0.2) is 24.3 Å². The second-order valence-electron chi connectivity index (χ2n) is 3.33. The molecular formula is C11H13ClO2. The van der Waals surface area contributed by atoms with Crippen molar-refractivity contribution in [2.75, 3.05) is 12.5 Å². The zero-order chi connectivity index (χ0) is 9.80. The van der Waals surface area contributed by atoms with Gasteiger partial charge in [0, 0.05) is 5.88 Å². The zero-order valence-corrected chi connectivity index (χ0v) is 8.67. The molecule has 2 rings (SSSR count). The fraction of sp³-hybridized carbons (Fsp3) is 0.455. The van der Waals surface area contributed by atoms with Crippen molar-refractivity contribution < 1.29 is 9.47 Å². The first-order chi connectivity index (χ1) is 6.90. The molecule has 1 aliphatic rings. The molecule has 2 nitrogen and oxygen atoms in total. The van der Waals surface area contributed by atoms with Gasteiger partial charge in [-0.05, 0) is 25.0 Å². The highest BCUT2D eigenvalue weighted by Crippen LogP contribution is 2.31. The summed E-state index contributed by atoms with van der Waals surface area (Å²) in [6, 6.07) is 7.75. The molecule has 0 fully saturated rings. The summed E-state index contributed by atoms with van der Waals surface area (Å²) in [5.41, 5.74) is 0. The third-order valence-electron chi connectivity index (χ3n) is 2.23. The van der Waals surface area contributed by atoms with Gasteiger partial charge in [0.05, 0.1) is 0 Å². The Morgan fingerprint density at radius 2 is 2.07 bits per heavy atom. The molecule has 0 aromatic heterocycles. The smallest absolute Gasteiger partial charge is 0.161 e. The standard InChI is InChI=1S/C11H13ClO2/c12-7-3-4-9-8-13-10-5-1-2-6-11(10)14-9/h1-2,5-6,9H,3-4,7-8H2/t9-/m0/s1. The zero-order valence-electron chi connectivity index (χ0n) is 7.91. The topological polar surface area (TPSA) is 18.5 Å². The Morgan fingerprint density at radius 1 is 1.29 bits per heavy atom. The SMILES string of the molecule is ClCCC[C@H]1COc2ccccc2O1. The molecule has 1 aromatic carbocycles. The molecule has 1 aliphatic heterocycles. The van der Waals surface area contributed by atoms with E-state index in [2.05, 4.69) is 0 Å². The third kappa shape index (κ3) is 2.13. The van der Waals surface area contributed by atoms with Crippen molar-refractivity contribution in [3.8, 4) is 11.5 Å². The van der Waals surface area contributed by atoms with E-state index >= 15 is 0 Å². The van der Waals surface area contributed by atoms with Crippen LogP contribution in [0.2, 0.25) is 0 Å². The lowest BCUT2D eigenvalue weighted by atomic mass is 10.2. The second-order valence-corrected chi connectivity index (χ2v) is 3.71. The van der Waals surface area contributed by atoms with Crippen molar-refractivity contribution in [3.05, 3.63) is 24.3 Å². The van der Waals surface area contributed by atoms with Gasteiger partial charge in [-0.25, -0.2) is 0 Å². The molecule has 0 unspecified atom stereocenters. The lowest BCUT2D eigenvalue weighted by molar-refractivity contribution is 0.0845. The molecule has 76 valence electrons. The van der Waals surface area contributed by atoms with Gasteiger partial charge < -0.3 is 9.47 Å². The van der Waals surface area contributed by atoms with Crippen molar-refractivity contribution in [1.29, 1.82) is 0 Å². The first-order valence-corrected chi connectivity index (χ1v) is 5.38. The van der Waals surface area contributed by atoms with Crippen LogP contribution in [0.5, 0.6) is 11.5 Å². The van der Waals surface area contributed by atoms with Gasteiger partial charge in [0.15, 0.2) is 11.5 Å². The highest BCUT2D eigenvalue weighted by molar-refractivity contribution is 6.17. The Morgan fingerprint density at radius 3 is 2.86 bits per heavy atom. The molecule has 0 bridgehead atoms. The number of fused-ring (bicyclic) bond motifs is 1. The largest absolute Gasteiger partial charge is 0.486 e. The number of rotatable bonds is 3. The maximum Gasteiger partial charge on any atom is 0.161 e. The van der Waals surface area contributed by atoms with Gasteiger partial charge in [-0.2, -0.15) is 0 Å². The molecule has 0 radical (unpaired) electrons. The number of hydrogen-bond donors (Lipinski definition) is 0. The number of halogens is 1. The Hall–Kier alpha value is -0.890. The molecule has 0 saturated heterocycles. The summed E-state index contributed by atoms with van der Waals surface area (Å²) in [4.78, 5) is 0. The van der Waals surface area contributed by atoms with E-state index in [0.717, 1.165) is 24.3 Å².